The number of hydrogen-bond donors (Lipinski definition) is 6. The number of halogens is 5. The summed E-state index contributed by atoms with van der Waals surface area (Å²) in [6, 6.07) is 18.7. The Labute approximate surface area is 439 Å². The first kappa shape index (κ1) is 71.7. The fraction of sp³-hybridized carbons (Fsp3) is 0.298. The quantitative estimate of drug-likeness (QED) is 0.0895. The summed E-state index contributed by atoms with van der Waals surface area (Å²) in [6.07, 6.45) is -0.716. The minimum absolute atomic E-state index is 0.0441. The third-order valence-electron chi connectivity index (χ3n) is 8.13. The Kier molecular flexibility index (Phi) is 42.2. The summed E-state index contributed by atoms with van der Waals surface area (Å²) < 4.78 is 17.4. The number of anilines is 3. The molecule has 1 aliphatic heterocycles. The van der Waals surface area contributed by atoms with Crippen LogP contribution in [0.4, 0.5) is 49.0 Å². The summed E-state index contributed by atoms with van der Waals surface area (Å²) in [6.45, 7) is 38.7. The Hall–Kier alpha value is -7.84. The summed E-state index contributed by atoms with van der Waals surface area (Å²) in [7, 11) is 0. The van der Waals surface area contributed by atoms with Crippen LogP contribution in [0.1, 0.15) is 41.5 Å². The van der Waals surface area contributed by atoms with E-state index >= 15 is 0 Å². The van der Waals surface area contributed by atoms with Crippen molar-refractivity contribution >= 4 is 117 Å². The average Bonchev–Trinajstić information content (AvgIpc) is 3.59. The Morgan fingerprint density at radius 3 is 1.32 bits per heavy atom. The van der Waals surface area contributed by atoms with Crippen molar-refractivity contribution in [2.24, 2.45) is 5.73 Å². The van der Waals surface area contributed by atoms with E-state index in [1.165, 1.54) is 12.1 Å². The number of aliphatic hydroxyl groups excluding tert-OH is 3. The molecule has 21 nitrogen and oxygen atoms in total. The van der Waals surface area contributed by atoms with Crippen molar-refractivity contribution in [3.05, 3.63) is 144 Å². The summed E-state index contributed by atoms with van der Waals surface area (Å²) >= 11 is 23.1. The van der Waals surface area contributed by atoms with Gasteiger partial charge in [0.25, 0.3) is 0 Å². The maximum atomic E-state index is 12.3. The fourth-order valence-electron chi connectivity index (χ4n) is 4.38. The predicted octanol–water partition coefficient (Wildman–Crippen LogP) is 9.40. The Morgan fingerprint density at radius 1 is 0.644 bits per heavy atom. The number of cyclic esters (lactones) is 1. The van der Waals surface area contributed by atoms with Gasteiger partial charge in [0.1, 0.15) is 11.9 Å². The van der Waals surface area contributed by atoms with E-state index in [2.05, 4.69) is 30.0 Å². The molecular weight excluding hydrogens is 1050 g/mol. The minimum atomic E-state index is -0.440. The Balaban J connectivity index is -0.000000396. The molecule has 1 fully saturated rings. The summed E-state index contributed by atoms with van der Waals surface area (Å²) in [5, 5.41) is 34.0. The third kappa shape index (κ3) is 32.6. The van der Waals surface area contributed by atoms with Gasteiger partial charge in [-0.15, -0.1) is 0 Å². The second kappa shape index (κ2) is 43.0. The molecule has 5 rings (SSSR count). The van der Waals surface area contributed by atoms with Crippen molar-refractivity contribution in [3.8, 4) is 0 Å². The van der Waals surface area contributed by atoms with Gasteiger partial charge in [-0.05, 0) is 90.1 Å². The largest absolute Gasteiger partial charge is 0.444 e. The fourth-order valence-corrected chi connectivity index (χ4v) is 5.26. The number of carbonyl (C=O) groups is 1. The first-order valence-corrected chi connectivity index (χ1v) is 21.5. The van der Waals surface area contributed by atoms with Crippen LogP contribution in [0.5, 0.6) is 0 Å². The molecule has 6 atom stereocenters. The molecule has 7 N–H and O–H groups in total. The van der Waals surface area contributed by atoms with E-state index in [9.17, 15) is 14.3 Å². The monoisotopic (exact) mass is 1090 g/mol. The van der Waals surface area contributed by atoms with E-state index in [-0.39, 0.29) is 65.7 Å². The van der Waals surface area contributed by atoms with Crippen molar-refractivity contribution in [1.82, 2.24) is 0 Å². The molecule has 0 saturated carbocycles. The van der Waals surface area contributed by atoms with Gasteiger partial charge in [0.2, 0.25) is 22.7 Å². The molecule has 0 bridgehead atoms. The van der Waals surface area contributed by atoms with Gasteiger partial charge in [0, 0.05) is 56.3 Å². The summed E-state index contributed by atoms with van der Waals surface area (Å²) in [5.74, 6) is -0.419. The van der Waals surface area contributed by atoms with Crippen molar-refractivity contribution < 1.29 is 67.6 Å². The van der Waals surface area contributed by atoms with Crippen molar-refractivity contribution in [2.75, 3.05) is 28.6 Å². The first-order valence-electron chi connectivity index (χ1n) is 19.9. The number of amides is 1. The van der Waals surface area contributed by atoms with Crippen LogP contribution in [0.25, 0.3) is 19.4 Å². The SMILES string of the molecule is C[C@H](O)CN.O=C=O.O=C=O.O=C=O.O=C=O.[C-]#[N+]c1ccc(F)cc1Cl.[C-]#[N+]c1ccc(N2C(=O)O[C@@H](C)[C@@H]2C)cc1Cl.[C-]#[N+]c1ccc(NC[C@H](C)O)cc1Cl.[C-]#[N+]c1ccc(N[C@@H](C)[C@H](C)O)cc1Cl. The number of rotatable bonds is 8. The predicted molar refractivity (Wildman–Crippen MR) is 264 cm³/mol. The molecular formula is C47H47Cl4FN8O13. The number of hydrogen-bond acceptors (Lipinski definition) is 16. The lowest BCUT2D eigenvalue weighted by Crippen LogP contribution is -2.33. The van der Waals surface area contributed by atoms with Crippen LogP contribution in [-0.4, -0.2) is 95.6 Å². The van der Waals surface area contributed by atoms with E-state index in [4.69, 9.17) is 132 Å². The summed E-state index contributed by atoms with van der Waals surface area (Å²) in [5.41, 5.74) is 8.73. The van der Waals surface area contributed by atoms with E-state index in [0.717, 1.165) is 17.4 Å². The first-order chi connectivity index (χ1) is 34.4. The van der Waals surface area contributed by atoms with E-state index in [1.54, 1.807) is 80.3 Å². The van der Waals surface area contributed by atoms with Gasteiger partial charge >= 0.3 is 30.7 Å². The molecule has 4 aromatic rings. The highest BCUT2D eigenvalue weighted by atomic mass is 35.5. The van der Waals surface area contributed by atoms with Gasteiger partial charge < -0.3 is 36.4 Å². The van der Waals surface area contributed by atoms with Crippen LogP contribution in [0.2, 0.25) is 20.1 Å². The standard InChI is InChI=1S/C12H11ClN2O2.C11H13ClN2O.C10H11ClN2O.C7H3ClFN.C3H9NO.4CO2/c1-7-8(2)17-12(16)15(7)9-4-5-11(14-3)10(13)6-9;1-7(8(2)15)14-9-4-5-11(13-3)10(12)6-9;1-7(14)6-13-8-3-4-10(12-2)9(11)5-8;1-10-7-3-2-5(9)4-6(7)8;1-3(5)2-4;4*2-1-3/h4-8H,1-2H3;4-8,14-15H,1-2H3;3-5,7,13-14H,6H2,1H3;2-4H;3,5H,2,4H2,1H3;;;;/t2*7-,8-;7-;;3-;;;;/m000.0..../s1. The molecule has 388 valence electrons. The lowest BCUT2D eigenvalue weighted by Gasteiger charge is -2.19. The smallest absolute Gasteiger partial charge is 0.415 e. The molecule has 0 unspecified atom stereocenters. The van der Waals surface area contributed by atoms with Crippen LogP contribution >= 0.6 is 46.4 Å². The number of nitrogens with two attached hydrogens (primary N) is 1. The highest BCUT2D eigenvalue weighted by Gasteiger charge is 2.37. The normalized spacial score (nSPS) is 13.3. The molecule has 0 radical (unpaired) electrons. The molecule has 1 aliphatic rings. The van der Waals surface area contributed by atoms with E-state index in [0.29, 0.717) is 50.9 Å². The maximum absolute atomic E-state index is 12.3. The second-order valence-electron chi connectivity index (χ2n) is 13.5. The highest BCUT2D eigenvalue weighted by Crippen LogP contribution is 2.34. The Bertz CT molecular complexity index is 2580. The molecule has 1 saturated heterocycles. The van der Waals surface area contributed by atoms with Crippen LogP contribution < -0.4 is 21.3 Å². The molecule has 1 heterocycles. The van der Waals surface area contributed by atoms with Crippen molar-refractivity contribution in [2.45, 2.75) is 78.0 Å². The molecule has 73 heavy (non-hydrogen) atoms. The lowest BCUT2D eigenvalue weighted by molar-refractivity contribution is -0.193. The molecule has 1 amide bonds. The molecule has 26 heteroatoms. The van der Waals surface area contributed by atoms with Crippen molar-refractivity contribution in [1.29, 1.82) is 0 Å². The molecule has 0 aromatic heterocycles. The van der Waals surface area contributed by atoms with Gasteiger partial charge in [0.15, 0.2) is 0 Å². The van der Waals surface area contributed by atoms with Gasteiger partial charge in [0.05, 0.1) is 50.6 Å². The molecule has 0 aliphatic carbocycles. The number of nitrogens with one attached hydrogen (secondary N) is 2. The van der Waals surface area contributed by atoms with E-state index in [1.807, 2.05) is 20.8 Å². The van der Waals surface area contributed by atoms with E-state index < -0.39 is 18.0 Å². The van der Waals surface area contributed by atoms with Gasteiger partial charge in [-0.1, -0.05) is 70.7 Å². The highest BCUT2D eigenvalue weighted by molar-refractivity contribution is 6.34. The zero-order valence-corrected chi connectivity index (χ0v) is 42.5. The van der Waals surface area contributed by atoms with Gasteiger partial charge in [-0.25, -0.2) is 28.6 Å². The zero-order valence-electron chi connectivity index (χ0n) is 39.4. The lowest BCUT2D eigenvalue weighted by atomic mass is 10.2. The maximum Gasteiger partial charge on any atom is 0.415 e. The van der Waals surface area contributed by atoms with Crippen LogP contribution in [0.15, 0.2) is 72.8 Å². The van der Waals surface area contributed by atoms with Crippen LogP contribution in [0, 0.1) is 32.1 Å². The van der Waals surface area contributed by atoms with Gasteiger partial charge in [-0.3, -0.25) is 4.90 Å². The number of carbonyl (C=O) groups excluding carboxylic acids is 9. The summed E-state index contributed by atoms with van der Waals surface area (Å²) in [4.78, 5) is 91.1. The molecule has 0 spiro atoms. The second-order valence-corrected chi connectivity index (χ2v) is 15.2. The Morgan fingerprint density at radius 2 is 1.00 bits per heavy atom. The van der Waals surface area contributed by atoms with Crippen LogP contribution in [-0.2, 0) is 43.1 Å². The topological polar surface area (TPSA) is 294 Å². The number of aliphatic hydroxyl groups is 3. The third-order valence-corrected chi connectivity index (χ3v) is 9.34. The molecule has 4 aromatic carbocycles. The minimum Gasteiger partial charge on any atom is -0.444 e. The average molecular weight is 1090 g/mol. The van der Waals surface area contributed by atoms with Gasteiger partial charge in [-0.2, -0.15) is 38.4 Å². The number of ether oxygens (including phenoxy) is 1. The van der Waals surface area contributed by atoms with Crippen LogP contribution in [0.3, 0.4) is 0 Å². The number of benzene rings is 4. The van der Waals surface area contributed by atoms with Crippen molar-refractivity contribution in [3.63, 3.8) is 0 Å². The number of nitrogens with zero attached hydrogens (tertiary/aromatic N) is 5. The zero-order chi connectivity index (χ0) is 57.2.